The molecule has 0 saturated carbocycles. The van der Waals surface area contributed by atoms with Gasteiger partial charge in [0.1, 0.15) is 8.11 Å². The highest BCUT2D eigenvalue weighted by Gasteiger charge is 2.10. The Labute approximate surface area is 58.6 Å². The van der Waals surface area contributed by atoms with E-state index in [1.54, 1.807) is 0 Å². The Kier molecular flexibility index (Phi) is 4.67. The van der Waals surface area contributed by atoms with E-state index in [1.807, 2.05) is 0 Å². The first kappa shape index (κ1) is 8.51. The van der Waals surface area contributed by atoms with Crippen molar-refractivity contribution in [2.75, 3.05) is 0 Å². The Hall–Kier alpha value is 0.507. The van der Waals surface area contributed by atoms with E-state index >= 15 is 0 Å². The molecule has 0 aromatic heterocycles. The van der Waals surface area contributed by atoms with Crippen molar-refractivity contribution in [3.63, 3.8) is 0 Å². The normalized spacial score (nSPS) is 18.0. The van der Waals surface area contributed by atoms with Crippen LogP contribution in [0.3, 0.4) is 0 Å². The highest BCUT2D eigenvalue weighted by molar-refractivity contribution is 7.07. The van der Waals surface area contributed by atoms with Crippen molar-refractivity contribution in [1.82, 2.24) is 0 Å². The van der Waals surface area contributed by atoms with Crippen LogP contribution in [0.2, 0.25) is 11.6 Å². The third kappa shape index (κ3) is 2.73. The predicted molar refractivity (Wildman–Crippen MR) is 43.2 cm³/mol. The molecule has 0 radical (unpaired) electrons. The fourth-order valence-electron chi connectivity index (χ4n) is 0.658. The molecular weight excluding hydrogens is 136 g/mol. The van der Waals surface area contributed by atoms with E-state index in [2.05, 4.69) is 20.8 Å². The maximum Gasteiger partial charge on any atom is 0.143 e. The van der Waals surface area contributed by atoms with Gasteiger partial charge in [0.25, 0.3) is 0 Å². The minimum atomic E-state index is -0.803. The molecule has 0 fully saturated rings. The number of rotatable bonds is 3. The fraction of sp³-hybridized carbons (Fsp3) is 1.00. The lowest BCUT2D eigenvalue weighted by atomic mass is 10.4. The zero-order valence-electron chi connectivity index (χ0n) is 5.95. The summed E-state index contributed by atoms with van der Waals surface area (Å²) >= 11 is 6.05. The van der Waals surface area contributed by atoms with Gasteiger partial charge in [0, 0.05) is 0 Å². The van der Waals surface area contributed by atoms with Gasteiger partial charge in [-0.1, -0.05) is 27.2 Å². The summed E-state index contributed by atoms with van der Waals surface area (Å²) in [6, 6.07) is 1.23. The van der Waals surface area contributed by atoms with Gasteiger partial charge >= 0.3 is 0 Å². The van der Waals surface area contributed by atoms with Crippen LogP contribution in [0.15, 0.2) is 0 Å². The van der Waals surface area contributed by atoms with Crippen molar-refractivity contribution < 1.29 is 0 Å². The van der Waals surface area contributed by atoms with Crippen molar-refractivity contribution in [2.24, 2.45) is 0 Å². The smallest absolute Gasteiger partial charge is 0.143 e. The van der Waals surface area contributed by atoms with Gasteiger partial charge < -0.3 is 0 Å². The van der Waals surface area contributed by atoms with Crippen molar-refractivity contribution in [1.29, 1.82) is 0 Å². The number of halogens is 1. The molecule has 0 saturated heterocycles. The molecule has 50 valence electrons. The maximum absolute atomic E-state index is 6.05. The molecule has 0 heterocycles. The summed E-state index contributed by atoms with van der Waals surface area (Å²) in [7, 11) is -0.803. The highest BCUT2D eigenvalue weighted by atomic mass is 35.6. The zero-order valence-corrected chi connectivity index (χ0v) is 7.86. The van der Waals surface area contributed by atoms with Crippen LogP contribution >= 0.6 is 11.1 Å². The molecule has 8 heavy (non-hydrogen) atoms. The summed E-state index contributed by atoms with van der Waals surface area (Å²) in [5.41, 5.74) is 0.821. The average Bonchev–Trinajstić information content (AvgIpc) is 1.84. The standard InChI is InChI=1S/C6H15ClSi/c1-4-6(3)8(7)5-2/h6,8H,4-5H2,1-3H3. The molecule has 0 aliphatic rings. The van der Waals surface area contributed by atoms with Gasteiger partial charge in [-0.15, -0.1) is 0 Å². The third-order valence-electron chi connectivity index (χ3n) is 1.65. The lowest BCUT2D eigenvalue weighted by Gasteiger charge is -2.10. The molecule has 2 atom stereocenters. The van der Waals surface area contributed by atoms with Gasteiger partial charge in [0.05, 0.1) is 0 Å². The van der Waals surface area contributed by atoms with E-state index in [0.717, 1.165) is 5.54 Å². The Morgan fingerprint density at radius 1 is 1.50 bits per heavy atom. The first-order valence-corrected chi connectivity index (χ1v) is 6.59. The van der Waals surface area contributed by atoms with Crippen LogP contribution in [-0.2, 0) is 0 Å². The van der Waals surface area contributed by atoms with E-state index in [0.29, 0.717) is 0 Å². The van der Waals surface area contributed by atoms with Crippen molar-refractivity contribution in [2.45, 2.75) is 38.8 Å². The molecule has 0 amide bonds. The van der Waals surface area contributed by atoms with Crippen molar-refractivity contribution in [3.05, 3.63) is 0 Å². The minimum absolute atomic E-state index is 0.803. The van der Waals surface area contributed by atoms with Gasteiger partial charge in [-0.05, 0) is 11.6 Å². The lowest BCUT2D eigenvalue weighted by molar-refractivity contribution is 0.861. The Morgan fingerprint density at radius 2 is 2.00 bits per heavy atom. The summed E-state index contributed by atoms with van der Waals surface area (Å²) in [5, 5.41) is 0. The van der Waals surface area contributed by atoms with Crippen LogP contribution in [0.1, 0.15) is 27.2 Å². The maximum atomic E-state index is 6.05. The molecule has 2 unspecified atom stereocenters. The van der Waals surface area contributed by atoms with E-state index in [1.165, 1.54) is 12.5 Å². The summed E-state index contributed by atoms with van der Waals surface area (Å²) in [6.45, 7) is 6.66. The first-order valence-electron chi connectivity index (χ1n) is 3.36. The van der Waals surface area contributed by atoms with Gasteiger partial charge in [-0.25, -0.2) is 0 Å². The Balaban J connectivity index is 3.29. The second-order valence-corrected chi connectivity index (χ2v) is 6.98. The molecule has 0 aromatic rings. The highest BCUT2D eigenvalue weighted by Crippen LogP contribution is 2.18. The van der Waals surface area contributed by atoms with Crippen LogP contribution in [0.25, 0.3) is 0 Å². The number of hydrogen-bond donors (Lipinski definition) is 0. The SMILES string of the molecule is CCC(C)[SiH](Cl)CC. The van der Waals surface area contributed by atoms with E-state index in [4.69, 9.17) is 11.1 Å². The molecular formula is C6H15ClSi. The quantitative estimate of drug-likeness (QED) is 0.429. The monoisotopic (exact) mass is 150 g/mol. The van der Waals surface area contributed by atoms with E-state index < -0.39 is 8.11 Å². The van der Waals surface area contributed by atoms with Crippen LogP contribution in [-0.4, -0.2) is 8.11 Å². The molecule has 0 spiro atoms. The molecule has 0 bridgehead atoms. The molecule has 0 N–H and O–H groups in total. The molecule has 0 aromatic carbocycles. The second kappa shape index (κ2) is 4.39. The first-order chi connectivity index (χ1) is 3.72. The summed E-state index contributed by atoms with van der Waals surface area (Å²) in [4.78, 5) is 0. The molecule has 0 aliphatic carbocycles. The Bertz CT molecular complexity index is 48.5. The fourth-order valence-corrected chi connectivity index (χ4v) is 2.51. The van der Waals surface area contributed by atoms with E-state index in [9.17, 15) is 0 Å². The topological polar surface area (TPSA) is 0 Å². The van der Waals surface area contributed by atoms with Gasteiger partial charge in [-0.3, -0.25) is 0 Å². The summed E-state index contributed by atoms with van der Waals surface area (Å²) < 4.78 is 0. The summed E-state index contributed by atoms with van der Waals surface area (Å²) in [5.74, 6) is 0. The molecule has 2 heteroatoms. The second-order valence-electron chi connectivity index (χ2n) is 2.31. The largest absolute Gasteiger partial charge is 0.171 e. The third-order valence-corrected chi connectivity index (χ3v) is 6.35. The van der Waals surface area contributed by atoms with Crippen molar-refractivity contribution >= 4 is 19.2 Å². The van der Waals surface area contributed by atoms with Gasteiger partial charge in [-0.2, -0.15) is 11.1 Å². The van der Waals surface area contributed by atoms with Crippen LogP contribution < -0.4 is 0 Å². The summed E-state index contributed by atoms with van der Waals surface area (Å²) in [6.07, 6.45) is 1.26. The van der Waals surface area contributed by atoms with Crippen LogP contribution in [0.5, 0.6) is 0 Å². The molecule has 0 nitrogen and oxygen atoms in total. The average molecular weight is 151 g/mol. The lowest BCUT2D eigenvalue weighted by Crippen LogP contribution is -2.07. The van der Waals surface area contributed by atoms with Crippen LogP contribution in [0.4, 0.5) is 0 Å². The zero-order chi connectivity index (χ0) is 6.57. The number of hydrogen-bond acceptors (Lipinski definition) is 0. The Morgan fingerprint density at radius 3 is 2.12 bits per heavy atom. The van der Waals surface area contributed by atoms with E-state index in [-0.39, 0.29) is 0 Å². The van der Waals surface area contributed by atoms with Crippen LogP contribution in [0, 0.1) is 0 Å². The van der Waals surface area contributed by atoms with Crippen molar-refractivity contribution in [3.8, 4) is 0 Å². The molecule has 0 aliphatic heterocycles. The van der Waals surface area contributed by atoms with Gasteiger partial charge in [0.2, 0.25) is 0 Å². The molecule has 0 rings (SSSR count). The predicted octanol–water partition coefficient (Wildman–Crippen LogP) is 2.77. The van der Waals surface area contributed by atoms with Gasteiger partial charge in [0.15, 0.2) is 0 Å². The minimum Gasteiger partial charge on any atom is -0.171 e.